The molecule has 4 aliphatic heterocycles. The highest BCUT2D eigenvalue weighted by Crippen LogP contribution is 2.34. The Hall–Kier alpha value is -12.2. The third-order valence-corrected chi connectivity index (χ3v) is 25.1. The molecule has 31 heteroatoms. The molecule has 20 rings (SSSR count). The molecule has 0 amide bonds. The van der Waals surface area contributed by atoms with Gasteiger partial charge in [-0.05, 0) is 220 Å². The Morgan fingerprint density at radius 3 is 1.34 bits per heavy atom. The van der Waals surface area contributed by atoms with Crippen molar-refractivity contribution in [1.82, 2.24) is 115 Å². The fourth-order valence-corrected chi connectivity index (χ4v) is 18.3. The van der Waals surface area contributed by atoms with Crippen LogP contribution in [0.2, 0.25) is 5.02 Å². The highest BCUT2D eigenvalue weighted by Gasteiger charge is 2.28. The SMILES string of the molecule is CCN1CCC(c2cn3c(=O)cc(-c4cc(C)c5nc(C)cn5c4)nc3cn2)CC1.CCNC1CCN(c2cc(C)c3nc(-c4cc5c(C)nc(C)cn5n4)cc(=O)n3c2)CC1.Cc1cn2cc(-c3cc(=O)n4cc(C5CCN(C(C)C)CC5)ncc4n3)cc(Cl)c2n1.Cc1cn2cc(-c3cc(=O)n4cc(C5CCN(CCO)CC5)ncc4n3)cc(C)c2n1. The number of halogens is 1. The van der Waals surface area contributed by atoms with Gasteiger partial charge in [0.05, 0.1) is 116 Å². The van der Waals surface area contributed by atoms with Crippen molar-refractivity contribution in [1.29, 1.82) is 0 Å². The van der Waals surface area contributed by atoms with Crippen LogP contribution in [0, 0.1) is 55.4 Å². The first kappa shape index (κ1) is 84.0. The van der Waals surface area contributed by atoms with Gasteiger partial charge >= 0.3 is 0 Å². The number of hydrogen-bond donors (Lipinski definition) is 2. The van der Waals surface area contributed by atoms with Gasteiger partial charge < -0.3 is 43.2 Å². The molecule has 4 saturated heterocycles. The molecule has 16 aromatic heterocycles. The first-order valence-electron chi connectivity index (χ1n) is 43.3. The maximum absolute atomic E-state index is 13.1. The molecule has 0 atom stereocenters. The molecule has 30 nitrogen and oxygen atoms in total. The number of imidazole rings is 3. The standard InChI is InChI=1S/C24H29N7O.C23H25ClN6O.C23H26N6O2.C23H26N6O/c1-5-25-18-6-8-29(9-7-18)19-10-15(2)24-27-20(12-23(32)30(24)14-19)21-11-22-17(4)26-16(3)13-31(22)28-21;1-14(2)28-6-4-16(5-7-28)20-13-30-21(10-25-20)27-19(9-22(30)31)17-8-18(24)23-26-15(3)11-29(23)12-17;1-15-9-18(13-28-12-16(2)25-23(15)28)19-10-22(31)29-14-20(24-11-21(29)26-19)17-3-5-27(6-4-17)7-8-30;1-4-27-7-5-17(6-8-27)20-14-29-21(11-24-20)26-19(10-22(29)30)18-9-15(2)23-25-16(3)12-28(23)13-18/h10-14,18,25H,5-9H2,1-4H3;8-14,16H,4-7H2,1-3H3;9-14,17,30H,3-8H2,1-2H3;9-14,17H,4-8H2,1-3H3. The van der Waals surface area contributed by atoms with Crippen LogP contribution >= 0.6 is 11.6 Å². The number of aliphatic hydroxyl groups excluding tert-OH is 1. The number of likely N-dealkylation sites (tertiary alicyclic amines) is 3. The van der Waals surface area contributed by atoms with E-state index in [2.05, 4.69) is 104 Å². The first-order valence-corrected chi connectivity index (χ1v) is 43.6. The summed E-state index contributed by atoms with van der Waals surface area (Å²) in [6.07, 6.45) is 34.7. The Bertz CT molecular complexity index is 6970. The highest BCUT2D eigenvalue weighted by molar-refractivity contribution is 6.33. The summed E-state index contributed by atoms with van der Waals surface area (Å²) in [4.78, 5) is 112. The largest absolute Gasteiger partial charge is 0.395 e. The Morgan fingerprint density at radius 1 is 0.427 bits per heavy atom. The molecule has 16 aromatic rings. The summed E-state index contributed by atoms with van der Waals surface area (Å²) < 4.78 is 14.1. The zero-order valence-corrected chi connectivity index (χ0v) is 73.3. The summed E-state index contributed by atoms with van der Waals surface area (Å²) in [5.74, 6) is 1.09. The first-order chi connectivity index (χ1) is 59.8. The molecule has 2 N–H and O–H groups in total. The van der Waals surface area contributed by atoms with Gasteiger partial charge in [-0.3, -0.25) is 56.7 Å². The van der Waals surface area contributed by atoms with Gasteiger partial charge in [-0.25, -0.2) is 39.4 Å². The molecule has 0 bridgehead atoms. The number of fused-ring (bicyclic) bond motifs is 8. The van der Waals surface area contributed by atoms with Gasteiger partial charge in [0.1, 0.15) is 22.6 Å². The van der Waals surface area contributed by atoms with E-state index in [1.165, 1.54) is 0 Å². The third-order valence-electron chi connectivity index (χ3n) is 24.8. The molecule has 4 aliphatic rings. The van der Waals surface area contributed by atoms with Crippen molar-refractivity contribution >= 4 is 62.3 Å². The zero-order chi connectivity index (χ0) is 86.5. The maximum atomic E-state index is 13.1. The van der Waals surface area contributed by atoms with E-state index in [4.69, 9.17) is 31.7 Å². The second-order valence-corrected chi connectivity index (χ2v) is 34.4. The molecule has 0 radical (unpaired) electrons. The fourth-order valence-electron chi connectivity index (χ4n) is 18.1. The lowest BCUT2D eigenvalue weighted by Gasteiger charge is -2.34. The Morgan fingerprint density at radius 2 is 0.863 bits per heavy atom. The molecule has 0 spiro atoms. The van der Waals surface area contributed by atoms with Gasteiger partial charge in [0.2, 0.25) is 0 Å². The Kier molecular flexibility index (Phi) is 24.1. The van der Waals surface area contributed by atoms with E-state index in [1.807, 2.05) is 159 Å². The summed E-state index contributed by atoms with van der Waals surface area (Å²) in [7, 11) is 0. The third kappa shape index (κ3) is 17.7. The van der Waals surface area contributed by atoms with E-state index in [9.17, 15) is 19.2 Å². The number of anilines is 1. The number of piperidine rings is 4. The molecule has 124 heavy (non-hydrogen) atoms. The van der Waals surface area contributed by atoms with Crippen molar-refractivity contribution in [2.24, 2.45) is 0 Å². The van der Waals surface area contributed by atoms with Gasteiger partial charge in [0, 0.05) is 152 Å². The van der Waals surface area contributed by atoms with Crippen LogP contribution in [0.3, 0.4) is 0 Å². The van der Waals surface area contributed by atoms with E-state index in [0.29, 0.717) is 98.1 Å². The molecule has 0 aliphatic carbocycles. The number of β-amino-alcohol motifs (C(OH)–C–C–N with tert-alkyl or cyclic N) is 1. The summed E-state index contributed by atoms with van der Waals surface area (Å²) in [5, 5.41) is 17.8. The van der Waals surface area contributed by atoms with Crippen LogP contribution in [-0.4, -0.2) is 206 Å². The molecule has 0 unspecified atom stereocenters. The van der Waals surface area contributed by atoms with Crippen molar-refractivity contribution in [3.63, 3.8) is 0 Å². The molecule has 20 heterocycles. The maximum Gasteiger partial charge on any atom is 0.258 e. The minimum atomic E-state index is -0.124. The highest BCUT2D eigenvalue weighted by atomic mass is 35.5. The molecule has 640 valence electrons. The molecule has 0 aromatic carbocycles. The van der Waals surface area contributed by atoms with Crippen molar-refractivity contribution in [2.75, 3.05) is 83.5 Å². The van der Waals surface area contributed by atoms with E-state index in [0.717, 1.165) is 218 Å². The molecular weight excluding hydrogens is 1580 g/mol. The predicted molar refractivity (Wildman–Crippen MR) is 484 cm³/mol. The van der Waals surface area contributed by atoms with Gasteiger partial charge in [-0.15, -0.1) is 0 Å². The number of hydrogen-bond acceptors (Lipinski definition) is 22. The minimum Gasteiger partial charge on any atom is -0.395 e. The van der Waals surface area contributed by atoms with E-state index >= 15 is 0 Å². The number of aryl methyl sites for hydroxylation is 8. The zero-order valence-electron chi connectivity index (χ0n) is 72.5. The van der Waals surface area contributed by atoms with Crippen LogP contribution in [-0.2, 0) is 0 Å². The average molecular weight is 1690 g/mol. The van der Waals surface area contributed by atoms with Crippen molar-refractivity contribution < 1.29 is 5.11 Å². The molecular formula is C93H106ClN25O5. The number of nitrogens with zero attached hydrogens (tertiary/aromatic N) is 24. The smallest absolute Gasteiger partial charge is 0.258 e. The molecule has 4 fully saturated rings. The van der Waals surface area contributed by atoms with Crippen molar-refractivity contribution in [2.45, 2.75) is 164 Å². The van der Waals surface area contributed by atoms with Crippen molar-refractivity contribution in [3.8, 4) is 45.2 Å². The minimum absolute atomic E-state index is 0.0794. The summed E-state index contributed by atoms with van der Waals surface area (Å²) in [6.45, 7) is 35.8. The van der Waals surface area contributed by atoms with Gasteiger partial charge in [0.25, 0.3) is 22.2 Å². The topological polar surface area (TPSA) is 303 Å². The van der Waals surface area contributed by atoms with Crippen LogP contribution in [0.1, 0.15) is 159 Å². The van der Waals surface area contributed by atoms with Crippen LogP contribution in [0.4, 0.5) is 5.69 Å². The number of rotatable bonds is 14. The number of nitrogens with one attached hydrogen (secondary N) is 1. The fraction of sp³-hybridized carbons (Fsp3) is 0.398. The monoisotopic (exact) mass is 1690 g/mol. The second kappa shape index (κ2) is 35.6. The summed E-state index contributed by atoms with van der Waals surface area (Å²) in [6, 6.07) is 17.4. The lowest BCUT2D eigenvalue weighted by atomic mass is 9.93. The summed E-state index contributed by atoms with van der Waals surface area (Å²) in [5.41, 5.74) is 22.6. The number of aromatic nitrogens is 20. The quantitative estimate of drug-likeness (QED) is 0.102. The van der Waals surface area contributed by atoms with E-state index < -0.39 is 0 Å². The lowest BCUT2D eigenvalue weighted by Crippen LogP contribution is -2.42. The van der Waals surface area contributed by atoms with Gasteiger partial charge in [-0.2, -0.15) is 5.10 Å². The van der Waals surface area contributed by atoms with Crippen molar-refractivity contribution in [3.05, 3.63) is 250 Å². The Balaban J connectivity index is 0.000000117. The van der Waals surface area contributed by atoms with E-state index in [1.54, 1.807) is 66.5 Å². The normalized spacial score (nSPS) is 15.8. The van der Waals surface area contributed by atoms with E-state index in [-0.39, 0.29) is 28.8 Å². The van der Waals surface area contributed by atoms with Crippen LogP contribution < -0.4 is 32.5 Å². The average Bonchev–Trinajstić information content (AvgIpc) is 1.40. The number of aliphatic hydroxyl groups is 1. The van der Waals surface area contributed by atoms with Gasteiger partial charge in [0.15, 0.2) is 22.6 Å². The predicted octanol–water partition coefficient (Wildman–Crippen LogP) is 12.3. The number of pyridine rings is 4. The van der Waals surface area contributed by atoms with Gasteiger partial charge in [-0.1, -0.05) is 25.4 Å². The molecule has 0 saturated carbocycles. The summed E-state index contributed by atoms with van der Waals surface area (Å²) >= 11 is 6.41. The van der Waals surface area contributed by atoms with Crippen LogP contribution in [0.25, 0.3) is 90.2 Å². The lowest BCUT2D eigenvalue weighted by molar-refractivity contribution is 0.163. The second-order valence-electron chi connectivity index (χ2n) is 34.0. The van der Waals surface area contributed by atoms with Crippen LogP contribution in [0.15, 0.2) is 161 Å². The Labute approximate surface area is 721 Å². The van der Waals surface area contributed by atoms with Crippen LogP contribution in [0.5, 0.6) is 0 Å².